The van der Waals surface area contributed by atoms with E-state index in [4.69, 9.17) is 4.74 Å². The van der Waals surface area contributed by atoms with E-state index < -0.39 is 0 Å². The minimum Gasteiger partial charge on any atom is -0.383 e. The van der Waals surface area contributed by atoms with Crippen molar-refractivity contribution in [3.05, 3.63) is 0 Å². The minimum absolute atomic E-state index is 0.515. The van der Waals surface area contributed by atoms with E-state index >= 15 is 0 Å². The van der Waals surface area contributed by atoms with Crippen LogP contribution in [0.4, 0.5) is 0 Å². The van der Waals surface area contributed by atoms with Crippen molar-refractivity contribution in [2.24, 2.45) is 5.92 Å². The summed E-state index contributed by atoms with van der Waals surface area (Å²) in [6.07, 6.45) is 4.06. The van der Waals surface area contributed by atoms with Crippen molar-refractivity contribution >= 4 is 0 Å². The standard InChI is InChI=1S/C14H29N3O/c1-16-7-6-12(9-16)10-17(2)14(11-18-3)8-15-13-4-5-13/h12-15H,4-11H2,1-3H3. The van der Waals surface area contributed by atoms with Gasteiger partial charge in [0.2, 0.25) is 0 Å². The number of nitrogens with one attached hydrogen (secondary N) is 1. The monoisotopic (exact) mass is 255 g/mol. The van der Waals surface area contributed by atoms with E-state index in [9.17, 15) is 0 Å². The lowest BCUT2D eigenvalue weighted by molar-refractivity contribution is 0.0959. The fourth-order valence-corrected chi connectivity index (χ4v) is 2.86. The Morgan fingerprint density at radius 2 is 2.17 bits per heavy atom. The third-order valence-corrected chi connectivity index (χ3v) is 4.24. The van der Waals surface area contributed by atoms with Gasteiger partial charge in [-0.3, -0.25) is 4.90 Å². The molecule has 1 aliphatic carbocycles. The van der Waals surface area contributed by atoms with Gasteiger partial charge in [-0.15, -0.1) is 0 Å². The van der Waals surface area contributed by atoms with Crippen LogP contribution in [0.3, 0.4) is 0 Å². The summed E-state index contributed by atoms with van der Waals surface area (Å²) in [6.45, 7) is 5.61. The van der Waals surface area contributed by atoms with Gasteiger partial charge in [0.25, 0.3) is 0 Å². The molecule has 106 valence electrons. The molecule has 1 saturated heterocycles. The molecule has 0 radical (unpaired) electrons. The Kier molecular flexibility index (Phi) is 5.42. The second-order valence-electron chi connectivity index (χ2n) is 6.15. The summed E-state index contributed by atoms with van der Waals surface area (Å²) >= 11 is 0. The van der Waals surface area contributed by atoms with Crippen molar-refractivity contribution in [2.75, 3.05) is 54.0 Å². The summed E-state index contributed by atoms with van der Waals surface area (Å²) in [5.74, 6) is 0.834. The van der Waals surface area contributed by atoms with Crippen molar-refractivity contribution in [3.8, 4) is 0 Å². The third kappa shape index (κ3) is 4.50. The number of nitrogens with zero attached hydrogens (tertiary/aromatic N) is 2. The first-order valence-corrected chi connectivity index (χ1v) is 7.30. The van der Waals surface area contributed by atoms with Gasteiger partial charge in [-0.1, -0.05) is 0 Å². The Balaban J connectivity index is 1.72. The lowest BCUT2D eigenvalue weighted by atomic mass is 10.1. The van der Waals surface area contributed by atoms with Crippen LogP contribution in [-0.4, -0.2) is 75.9 Å². The molecule has 0 aromatic rings. The Morgan fingerprint density at radius 1 is 1.39 bits per heavy atom. The number of rotatable bonds is 8. The fourth-order valence-electron chi connectivity index (χ4n) is 2.86. The van der Waals surface area contributed by atoms with Crippen LogP contribution in [0, 0.1) is 5.92 Å². The van der Waals surface area contributed by atoms with E-state index in [2.05, 4.69) is 29.2 Å². The number of hydrogen-bond acceptors (Lipinski definition) is 4. The van der Waals surface area contributed by atoms with E-state index in [1.165, 1.54) is 38.9 Å². The second kappa shape index (κ2) is 6.85. The summed E-state index contributed by atoms with van der Waals surface area (Å²) in [6, 6.07) is 1.30. The molecule has 0 aromatic heterocycles. The highest BCUT2D eigenvalue weighted by molar-refractivity contribution is 4.85. The summed E-state index contributed by atoms with van der Waals surface area (Å²) in [5.41, 5.74) is 0. The first-order chi connectivity index (χ1) is 8.69. The van der Waals surface area contributed by atoms with Gasteiger partial charge in [-0.05, 0) is 45.8 Å². The predicted octanol–water partition coefficient (Wildman–Crippen LogP) is 0.637. The quantitative estimate of drug-likeness (QED) is 0.689. The average Bonchev–Trinajstić information content (AvgIpc) is 3.08. The smallest absolute Gasteiger partial charge is 0.0630 e. The van der Waals surface area contributed by atoms with Crippen LogP contribution in [0.25, 0.3) is 0 Å². The number of likely N-dealkylation sites (tertiary alicyclic amines) is 1. The molecule has 4 heteroatoms. The van der Waals surface area contributed by atoms with Crippen LogP contribution in [0.5, 0.6) is 0 Å². The normalized spacial score (nSPS) is 27.0. The molecule has 2 rings (SSSR count). The van der Waals surface area contributed by atoms with Crippen LogP contribution in [0.1, 0.15) is 19.3 Å². The highest BCUT2D eigenvalue weighted by Crippen LogP contribution is 2.19. The van der Waals surface area contributed by atoms with Gasteiger partial charge in [-0.25, -0.2) is 0 Å². The number of likely N-dealkylation sites (N-methyl/N-ethyl adjacent to an activating group) is 1. The molecular formula is C14H29N3O. The van der Waals surface area contributed by atoms with Crippen molar-refractivity contribution < 1.29 is 4.74 Å². The second-order valence-corrected chi connectivity index (χ2v) is 6.15. The average molecular weight is 255 g/mol. The summed E-state index contributed by atoms with van der Waals surface area (Å²) < 4.78 is 5.37. The molecule has 18 heavy (non-hydrogen) atoms. The van der Waals surface area contributed by atoms with Gasteiger partial charge in [0, 0.05) is 38.8 Å². The Morgan fingerprint density at radius 3 is 2.72 bits per heavy atom. The van der Waals surface area contributed by atoms with Gasteiger partial charge in [-0.2, -0.15) is 0 Å². The molecule has 0 bridgehead atoms. The lowest BCUT2D eigenvalue weighted by Gasteiger charge is -2.30. The third-order valence-electron chi connectivity index (χ3n) is 4.24. The molecule has 2 unspecified atom stereocenters. The fraction of sp³-hybridized carbons (Fsp3) is 1.00. The Hall–Kier alpha value is -0.160. The molecule has 1 N–H and O–H groups in total. The van der Waals surface area contributed by atoms with Crippen LogP contribution in [0.2, 0.25) is 0 Å². The Labute approximate surface area is 112 Å². The maximum atomic E-state index is 5.37. The van der Waals surface area contributed by atoms with E-state index in [1.807, 2.05) is 0 Å². The molecule has 0 spiro atoms. The van der Waals surface area contributed by atoms with Crippen LogP contribution >= 0.6 is 0 Å². The molecule has 4 nitrogen and oxygen atoms in total. The minimum atomic E-state index is 0.515. The number of methoxy groups -OCH3 is 1. The van der Waals surface area contributed by atoms with Crippen molar-refractivity contribution in [1.82, 2.24) is 15.1 Å². The first kappa shape index (κ1) is 14.3. The van der Waals surface area contributed by atoms with Crippen LogP contribution < -0.4 is 5.32 Å². The van der Waals surface area contributed by atoms with Crippen molar-refractivity contribution in [1.29, 1.82) is 0 Å². The molecule has 1 aliphatic heterocycles. The zero-order chi connectivity index (χ0) is 13.0. The van der Waals surface area contributed by atoms with Gasteiger partial charge in [0.1, 0.15) is 0 Å². The van der Waals surface area contributed by atoms with Crippen LogP contribution in [0.15, 0.2) is 0 Å². The molecule has 2 fully saturated rings. The molecule has 0 aromatic carbocycles. The zero-order valence-corrected chi connectivity index (χ0v) is 12.2. The maximum absolute atomic E-state index is 5.37. The van der Waals surface area contributed by atoms with E-state index in [1.54, 1.807) is 7.11 Å². The van der Waals surface area contributed by atoms with E-state index in [0.717, 1.165) is 25.1 Å². The highest BCUT2D eigenvalue weighted by Gasteiger charge is 2.26. The number of ether oxygens (including phenoxy) is 1. The van der Waals surface area contributed by atoms with Crippen LogP contribution in [-0.2, 0) is 4.74 Å². The van der Waals surface area contributed by atoms with Gasteiger partial charge in [0.15, 0.2) is 0 Å². The molecule has 1 heterocycles. The molecule has 1 saturated carbocycles. The molecular weight excluding hydrogens is 226 g/mol. The summed E-state index contributed by atoms with van der Waals surface area (Å²) in [7, 11) is 6.28. The first-order valence-electron chi connectivity index (χ1n) is 7.30. The highest BCUT2D eigenvalue weighted by atomic mass is 16.5. The SMILES string of the molecule is COCC(CNC1CC1)N(C)CC1CCN(C)C1. The topological polar surface area (TPSA) is 27.7 Å². The maximum Gasteiger partial charge on any atom is 0.0630 e. The molecule has 2 aliphatic rings. The summed E-state index contributed by atoms with van der Waals surface area (Å²) in [5, 5.41) is 3.62. The van der Waals surface area contributed by atoms with Crippen molar-refractivity contribution in [2.45, 2.75) is 31.3 Å². The number of hydrogen-bond donors (Lipinski definition) is 1. The van der Waals surface area contributed by atoms with Gasteiger partial charge < -0.3 is 15.0 Å². The Bertz CT molecular complexity index is 245. The lowest BCUT2D eigenvalue weighted by Crippen LogP contribution is -2.45. The van der Waals surface area contributed by atoms with Crippen molar-refractivity contribution in [3.63, 3.8) is 0 Å². The summed E-state index contributed by atoms with van der Waals surface area (Å²) in [4.78, 5) is 4.93. The molecule has 0 amide bonds. The molecule has 2 atom stereocenters. The van der Waals surface area contributed by atoms with E-state index in [0.29, 0.717) is 6.04 Å². The van der Waals surface area contributed by atoms with Gasteiger partial charge in [0.05, 0.1) is 6.61 Å². The zero-order valence-electron chi connectivity index (χ0n) is 12.2. The van der Waals surface area contributed by atoms with Gasteiger partial charge >= 0.3 is 0 Å². The van der Waals surface area contributed by atoms with E-state index in [-0.39, 0.29) is 0 Å². The largest absolute Gasteiger partial charge is 0.383 e. The predicted molar refractivity (Wildman–Crippen MR) is 74.9 cm³/mol.